The summed E-state index contributed by atoms with van der Waals surface area (Å²) in [6.07, 6.45) is -8.12. The molecule has 0 aromatic heterocycles. The van der Waals surface area contributed by atoms with Crippen molar-refractivity contribution in [3.8, 4) is 0 Å². The first-order valence-corrected chi connectivity index (χ1v) is 18.0. The molecule has 8 atom stereocenters. The zero-order chi connectivity index (χ0) is 40.8. The number of hydrogen-bond acceptors (Lipinski definition) is 12. The molecule has 0 saturated carbocycles. The van der Waals surface area contributed by atoms with E-state index in [1.54, 1.807) is 52.8 Å². The third-order valence-corrected chi connectivity index (χ3v) is 9.50. The number of esters is 1. The predicted molar refractivity (Wildman–Crippen MR) is 191 cm³/mol. The summed E-state index contributed by atoms with van der Waals surface area (Å²) in [6, 6.07) is 2.52. The van der Waals surface area contributed by atoms with E-state index in [4.69, 9.17) is 9.47 Å². The van der Waals surface area contributed by atoms with Gasteiger partial charge in [0.25, 0.3) is 0 Å². The number of rotatable bonds is 15. The van der Waals surface area contributed by atoms with E-state index in [9.17, 15) is 54.0 Å². The van der Waals surface area contributed by atoms with E-state index in [0.717, 1.165) is 4.90 Å². The number of carbonyl (C=O) groups excluding carboxylic acids is 6. The Labute approximate surface area is 314 Å². The summed E-state index contributed by atoms with van der Waals surface area (Å²) >= 11 is 0. The molecule has 1 aromatic rings. The highest BCUT2D eigenvalue weighted by molar-refractivity contribution is 6.06. The molecular formula is C37H54N4O13. The lowest BCUT2D eigenvalue weighted by Crippen LogP contribution is -2.59. The van der Waals surface area contributed by atoms with E-state index in [0.29, 0.717) is 11.1 Å². The maximum atomic E-state index is 13.3. The number of aliphatic carboxylic acids is 1. The number of carboxylic acid groups (broad SMARTS) is 1. The second-order valence-electron chi connectivity index (χ2n) is 15.6. The molecule has 17 heteroatoms. The number of nitrogens with zero attached hydrogens (tertiary/aromatic N) is 1. The number of nitrogens with one attached hydrogen (secondary N) is 3. The Bertz CT molecular complexity index is 1590. The van der Waals surface area contributed by atoms with Gasteiger partial charge in [0, 0.05) is 18.0 Å². The fourth-order valence-electron chi connectivity index (χ4n) is 6.04. The third kappa shape index (κ3) is 11.1. The van der Waals surface area contributed by atoms with Gasteiger partial charge < -0.3 is 45.9 Å². The summed E-state index contributed by atoms with van der Waals surface area (Å²) in [5.74, 6) is -5.92. The number of aliphatic hydroxyl groups is 3. The lowest BCUT2D eigenvalue weighted by atomic mass is 9.91. The monoisotopic (exact) mass is 762 g/mol. The third-order valence-electron chi connectivity index (χ3n) is 9.50. The van der Waals surface area contributed by atoms with Gasteiger partial charge in [-0.2, -0.15) is 0 Å². The first-order valence-electron chi connectivity index (χ1n) is 18.0. The molecule has 0 aliphatic carbocycles. The fourth-order valence-corrected chi connectivity index (χ4v) is 6.04. The molecule has 2 saturated heterocycles. The minimum Gasteiger partial charge on any atom is -0.479 e. The molecule has 17 nitrogen and oxygen atoms in total. The van der Waals surface area contributed by atoms with Crippen molar-refractivity contribution >= 4 is 47.2 Å². The summed E-state index contributed by atoms with van der Waals surface area (Å²) in [4.78, 5) is 89.4. The second kappa shape index (κ2) is 18.3. The molecule has 7 N–H and O–H groups in total. The lowest BCUT2D eigenvalue weighted by molar-refractivity contribution is -0.228. The van der Waals surface area contributed by atoms with E-state index >= 15 is 0 Å². The quantitative estimate of drug-likeness (QED) is 0.0936. The van der Waals surface area contributed by atoms with Crippen LogP contribution in [-0.2, 0) is 56.1 Å². The Morgan fingerprint density at radius 3 is 2.13 bits per heavy atom. The molecule has 2 aliphatic heterocycles. The van der Waals surface area contributed by atoms with Crippen LogP contribution in [0.15, 0.2) is 18.2 Å². The molecule has 3 rings (SSSR count). The number of aliphatic hydroxyl groups excluding tert-OH is 3. The minimum atomic E-state index is -1.85. The highest BCUT2D eigenvalue weighted by atomic mass is 16.6. The van der Waals surface area contributed by atoms with E-state index in [1.165, 1.54) is 6.92 Å². The molecule has 2 fully saturated rings. The zero-order valence-electron chi connectivity index (χ0n) is 32.0. The van der Waals surface area contributed by atoms with Gasteiger partial charge in [-0.25, -0.2) is 4.79 Å². The fraction of sp³-hybridized carbons (Fsp3) is 0.649. The first-order chi connectivity index (χ1) is 25.0. The summed E-state index contributed by atoms with van der Waals surface area (Å²) in [7, 11) is 0. The molecule has 2 aliphatic rings. The number of aryl methyl sites for hydroxylation is 1. The van der Waals surface area contributed by atoms with Crippen LogP contribution in [0.2, 0.25) is 0 Å². The van der Waals surface area contributed by atoms with Crippen molar-refractivity contribution < 1.29 is 63.5 Å². The van der Waals surface area contributed by atoms with E-state index in [-0.39, 0.29) is 37.5 Å². The van der Waals surface area contributed by atoms with Crippen LogP contribution < -0.4 is 16.0 Å². The molecule has 54 heavy (non-hydrogen) atoms. The van der Waals surface area contributed by atoms with Crippen molar-refractivity contribution in [3.05, 3.63) is 29.3 Å². The summed E-state index contributed by atoms with van der Waals surface area (Å²) in [5, 5.41) is 48.1. The van der Waals surface area contributed by atoms with Gasteiger partial charge in [-0.15, -0.1) is 0 Å². The molecule has 0 spiro atoms. The molecule has 1 aromatic carbocycles. The van der Waals surface area contributed by atoms with Gasteiger partial charge in [0.15, 0.2) is 6.10 Å². The van der Waals surface area contributed by atoms with Gasteiger partial charge in [0.05, 0.1) is 11.5 Å². The zero-order valence-corrected chi connectivity index (χ0v) is 32.0. The standard InChI is InChI=1S/C37H54N4O13/c1-17(2)23-14-26(43)41(34(23)49)15-25(42)40-27(18(3)4)33(48)38-19(5)32(47)39-22-11-9-21(16-53-36(52)37(6,7)8)20(13-22)10-12-24-28(44)29(45)30(46)31(54-24)35(50)51/h9,11,13,17-19,23-24,27-31,44-46H,10,12,14-16H2,1-8H3,(H,38,48)(H,39,47)(H,40,42)(H,50,51)/t19-,23?,24-,27-,28-,29+,30-,31-/m0/s1. The van der Waals surface area contributed by atoms with Gasteiger partial charge in [0.2, 0.25) is 29.5 Å². The lowest BCUT2D eigenvalue weighted by Gasteiger charge is -2.39. The van der Waals surface area contributed by atoms with Gasteiger partial charge in [0.1, 0.15) is 43.5 Å². The Balaban J connectivity index is 1.71. The predicted octanol–water partition coefficient (Wildman–Crippen LogP) is 0.258. The van der Waals surface area contributed by atoms with E-state index < -0.39 is 108 Å². The SMILES string of the molecule is CC(C)C1CC(=O)N(CC(=O)N[C@H](C(=O)N[C@@H](C)C(=O)Nc2ccc(COC(=O)C(C)(C)C)c(CC[C@@H]3O[C@H](C(=O)O)[C@@H](O)[C@H](O)[C@H]3O)c2)C(C)C)C1=O. The Hall–Kier alpha value is -4.45. The molecule has 0 radical (unpaired) electrons. The number of benzene rings is 1. The molecule has 5 amide bonds. The van der Waals surface area contributed by atoms with Crippen LogP contribution >= 0.6 is 0 Å². The average molecular weight is 763 g/mol. The van der Waals surface area contributed by atoms with Gasteiger partial charge in [-0.1, -0.05) is 33.8 Å². The molecule has 2 heterocycles. The van der Waals surface area contributed by atoms with Crippen molar-refractivity contribution in [1.29, 1.82) is 0 Å². The summed E-state index contributed by atoms with van der Waals surface area (Å²) in [5.41, 5.74) is 0.532. The Morgan fingerprint density at radius 1 is 0.926 bits per heavy atom. The van der Waals surface area contributed by atoms with Crippen molar-refractivity contribution in [2.75, 3.05) is 11.9 Å². The van der Waals surface area contributed by atoms with E-state index in [2.05, 4.69) is 16.0 Å². The van der Waals surface area contributed by atoms with Crippen LogP contribution in [0.5, 0.6) is 0 Å². The summed E-state index contributed by atoms with van der Waals surface area (Å²) < 4.78 is 10.9. The van der Waals surface area contributed by atoms with Crippen molar-refractivity contribution in [3.63, 3.8) is 0 Å². The van der Waals surface area contributed by atoms with Gasteiger partial charge >= 0.3 is 11.9 Å². The second-order valence-corrected chi connectivity index (χ2v) is 15.6. The van der Waals surface area contributed by atoms with Crippen LogP contribution in [0.3, 0.4) is 0 Å². The Morgan fingerprint density at radius 2 is 1.57 bits per heavy atom. The topological polar surface area (TPSA) is 258 Å². The first kappa shape index (κ1) is 44.0. The molecule has 1 unspecified atom stereocenters. The average Bonchev–Trinajstić information content (AvgIpc) is 3.36. The highest BCUT2D eigenvalue weighted by Crippen LogP contribution is 2.28. The van der Waals surface area contributed by atoms with E-state index in [1.807, 2.05) is 13.8 Å². The van der Waals surface area contributed by atoms with Gasteiger partial charge in [-0.05, 0) is 75.6 Å². The minimum absolute atomic E-state index is 0.0137. The van der Waals surface area contributed by atoms with Crippen molar-refractivity contribution in [2.45, 2.75) is 124 Å². The van der Waals surface area contributed by atoms with Crippen LogP contribution in [0, 0.1) is 23.2 Å². The molecule has 300 valence electrons. The molecule has 0 bridgehead atoms. The number of likely N-dealkylation sites (tertiary alicyclic amines) is 1. The number of carbonyl (C=O) groups is 7. The number of amides is 5. The Kier molecular flexibility index (Phi) is 14.9. The maximum Gasteiger partial charge on any atom is 0.335 e. The van der Waals surface area contributed by atoms with Crippen LogP contribution in [-0.4, -0.2) is 116 Å². The van der Waals surface area contributed by atoms with Crippen molar-refractivity contribution in [2.24, 2.45) is 23.2 Å². The number of anilines is 1. The highest BCUT2D eigenvalue weighted by Gasteiger charge is 2.46. The number of imide groups is 1. The summed E-state index contributed by atoms with van der Waals surface area (Å²) in [6.45, 7) is 12.8. The number of carboxylic acids is 1. The van der Waals surface area contributed by atoms with Gasteiger partial charge in [-0.3, -0.25) is 33.7 Å². The number of ether oxygens (including phenoxy) is 2. The smallest absolute Gasteiger partial charge is 0.335 e. The normalized spacial score (nSPS) is 24.3. The van der Waals surface area contributed by atoms with Crippen LogP contribution in [0.4, 0.5) is 5.69 Å². The maximum absolute atomic E-state index is 13.3. The molecular weight excluding hydrogens is 708 g/mol. The van der Waals surface area contributed by atoms with Crippen molar-refractivity contribution in [1.82, 2.24) is 15.5 Å². The number of hydrogen-bond donors (Lipinski definition) is 7. The van der Waals surface area contributed by atoms with Crippen LogP contribution in [0.1, 0.15) is 79.4 Å². The van der Waals surface area contributed by atoms with Crippen LogP contribution in [0.25, 0.3) is 0 Å². The largest absolute Gasteiger partial charge is 0.479 e.